The molecular formula is C24H34O5. The number of hydrogen-bond donors (Lipinski definition) is 1. The maximum atomic E-state index is 13.0. The second-order valence-corrected chi connectivity index (χ2v) is 8.24. The topological polar surface area (TPSA) is 80.7 Å². The predicted molar refractivity (Wildman–Crippen MR) is 114 cm³/mol. The van der Waals surface area contributed by atoms with Crippen molar-refractivity contribution >= 4 is 17.5 Å². The monoisotopic (exact) mass is 402 g/mol. The Labute approximate surface area is 174 Å². The van der Waals surface area contributed by atoms with Crippen molar-refractivity contribution in [1.82, 2.24) is 0 Å². The molecule has 1 N–H and O–H groups in total. The van der Waals surface area contributed by atoms with Crippen molar-refractivity contribution in [3.8, 4) is 0 Å². The molecule has 5 nitrogen and oxygen atoms in total. The van der Waals surface area contributed by atoms with Crippen LogP contribution in [0.2, 0.25) is 0 Å². The second kappa shape index (κ2) is 11.7. The summed E-state index contributed by atoms with van der Waals surface area (Å²) in [7, 11) is 0. The Balaban J connectivity index is 3.31. The average molecular weight is 403 g/mol. The number of rotatable bonds is 9. The maximum Gasteiger partial charge on any atom is 0.335 e. The number of esters is 1. The van der Waals surface area contributed by atoms with Gasteiger partial charge in [-0.3, -0.25) is 4.79 Å². The number of Topliss-reactive ketones (excluding diaryl/α,β-unsaturated/α-hetero) is 2. The largest absolute Gasteiger partial charge is 0.432 e. The van der Waals surface area contributed by atoms with Crippen LogP contribution in [-0.4, -0.2) is 29.2 Å². The second-order valence-electron chi connectivity index (χ2n) is 8.24. The van der Waals surface area contributed by atoms with Gasteiger partial charge in [0.2, 0.25) is 0 Å². The molecule has 29 heavy (non-hydrogen) atoms. The van der Waals surface area contributed by atoms with Crippen molar-refractivity contribution in [3.63, 3.8) is 0 Å². The maximum absolute atomic E-state index is 13.0. The number of hydrogen-bond acceptors (Lipinski definition) is 5. The Bertz CT molecular complexity index is 722. The summed E-state index contributed by atoms with van der Waals surface area (Å²) >= 11 is 0. The fourth-order valence-corrected chi connectivity index (χ4v) is 3.83. The quantitative estimate of drug-likeness (QED) is 0.266. The number of ether oxygens (including phenoxy) is 1. The third-order valence-corrected chi connectivity index (χ3v) is 5.38. The number of aliphatic hydroxyl groups is 1. The molecule has 0 amide bonds. The molecule has 0 radical (unpaired) electrons. The van der Waals surface area contributed by atoms with Crippen LogP contribution in [-0.2, 0) is 19.1 Å². The smallest absolute Gasteiger partial charge is 0.335 e. The van der Waals surface area contributed by atoms with Crippen molar-refractivity contribution in [3.05, 3.63) is 47.8 Å². The number of carbonyl (C=O) groups excluding carboxylic acids is 3. The van der Waals surface area contributed by atoms with E-state index in [9.17, 15) is 19.5 Å². The molecule has 0 saturated heterocycles. The molecule has 1 rings (SSSR count). The van der Waals surface area contributed by atoms with E-state index >= 15 is 0 Å². The lowest BCUT2D eigenvalue weighted by molar-refractivity contribution is -0.132. The van der Waals surface area contributed by atoms with E-state index in [1.54, 1.807) is 26.0 Å². The summed E-state index contributed by atoms with van der Waals surface area (Å²) in [5.74, 6) is -1.67. The molecule has 5 heteroatoms. The van der Waals surface area contributed by atoms with Gasteiger partial charge in [0.25, 0.3) is 0 Å². The summed E-state index contributed by atoms with van der Waals surface area (Å²) in [6, 6.07) is 0. The van der Waals surface area contributed by atoms with Crippen LogP contribution < -0.4 is 0 Å². The van der Waals surface area contributed by atoms with Crippen LogP contribution in [0.1, 0.15) is 60.3 Å². The Morgan fingerprint density at radius 1 is 1.31 bits per heavy atom. The molecule has 0 bridgehead atoms. The number of allylic oxidation sites excluding steroid dienone is 5. The lowest BCUT2D eigenvalue weighted by Gasteiger charge is -2.38. The molecule has 0 aromatic rings. The first-order chi connectivity index (χ1) is 13.6. The van der Waals surface area contributed by atoms with Crippen LogP contribution >= 0.6 is 0 Å². The van der Waals surface area contributed by atoms with Gasteiger partial charge in [0, 0.05) is 24.0 Å². The minimum absolute atomic E-state index is 0.0849. The lowest BCUT2D eigenvalue weighted by atomic mass is 9.65. The van der Waals surface area contributed by atoms with E-state index < -0.39 is 11.9 Å². The normalized spacial score (nSPS) is 25.0. The number of aliphatic hydroxyl groups excluding tert-OH is 1. The van der Waals surface area contributed by atoms with Gasteiger partial charge in [-0.15, -0.1) is 0 Å². The van der Waals surface area contributed by atoms with Crippen LogP contribution in [0.3, 0.4) is 0 Å². The van der Waals surface area contributed by atoms with Crippen LogP contribution in [0.25, 0.3) is 0 Å². The fraction of sp³-hybridized carbons (Fsp3) is 0.542. The first-order valence-electron chi connectivity index (χ1n) is 10.1. The number of carbonyl (C=O) groups is 3. The van der Waals surface area contributed by atoms with E-state index in [-0.39, 0.29) is 35.9 Å². The zero-order valence-corrected chi connectivity index (χ0v) is 18.2. The highest BCUT2D eigenvalue weighted by Gasteiger charge is 2.43. The highest BCUT2D eigenvalue weighted by atomic mass is 16.5. The highest BCUT2D eigenvalue weighted by Crippen LogP contribution is 2.46. The Morgan fingerprint density at radius 3 is 2.55 bits per heavy atom. The number of ketones is 2. The molecule has 0 aromatic heterocycles. The van der Waals surface area contributed by atoms with Crippen LogP contribution in [0.5, 0.6) is 0 Å². The van der Waals surface area contributed by atoms with E-state index in [0.29, 0.717) is 12.0 Å². The van der Waals surface area contributed by atoms with Gasteiger partial charge in [0.15, 0.2) is 5.78 Å². The Hall–Kier alpha value is -2.27. The van der Waals surface area contributed by atoms with E-state index in [4.69, 9.17) is 4.74 Å². The molecule has 0 heterocycles. The Kier molecular flexibility index (Phi) is 9.96. The summed E-state index contributed by atoms with van der Waals surface area (Å²) in [5.41, 5.74) is 0.854. The van der Waals surface area contributed by atoms with Crippen molar-refractivity contribution in [2.75, 3.05) is 6.61 Å². The van der Waals surface area contributed by atoms with Crippen molar-refractivity contribution in [2.24, 2.45) is 17.3 Å². The molecule has 0 fully saturated rings. The molecule has 0 spiro atoms. The summed E-state index contributed by atoms with van der Waals surface area (Å²) < 4.78 is 5.18. The molecule has 160 valence electrons. The van der Waals surface area contributed by atoms with Crippen molar-refractivity contribution in [1.29, 1.82) is 0 Å². The summed E-state index contributed by atoms with van der Waals surface area (Å²) in [6.45, 7) is 8.77. The molecular weight excluding hydrogens is 368 g/mol. The SMILES string of the molecule is CC=CCCC1(C)CC=C(CO)C(=O)C(CC(C)=O)C1C=COC(=O)C=C(C)C. The van der Waals surface area contributed by atoms with Crippen LogP contribution in [0, 0.1) is 17.3 Å². The first-order valence-corrected chi connectivity index (χ1v) is 10.1. The molecule has 0 aliphatic heterocycles. The van der Waals surface area contributed by atoms with Gasteiger partial charge in [0.05, 0.1) is 12.9 Å². The summed E-state index contributed by atoms with van der Waals surface area (Å²) in [4.78, 5) is 36.8. The molecule has 0 aromatic carbocycles. The molecule has 3 unspecified atom stereocenters. The lowest BCUT2D eigenvalue weighted by Crippen LogP contribution is -2.35. The highest BCUT2D eigenvalue weighted by molar-refractivity contribution is 6.00. The van der Waals surface area contributed by atoms with Gasteiger partial charge in [-0.05, 0) is 64.4 Å². The van der Waals surface area contributed by atoms with E-state index in [0.717, 1.165) is 18.4 Å². The average Bonchev–Trinajstić information content (AvgIpc) is 2.71. The van der Waals surface area contributed by atoms with E-state index in [2.05, 4.69) is 13.0 Å². The van der Waals surface area contributed by atoms with Gasteiger partial charge in [-0.25, -0.2) is 4.79 Å². The third-order valence-electron chi connectivity index (χ3n) is 5.38. The predicted octanol–water partition coefficient (Wildman–Crippen LogP) is 4.48. The first kappa shape index (κ1) is 24.8. The summed E-state index contributed by atoms with van der Waals surface area (Å²) in [5, 5.41) is 9.66. The van der Waals surface area contributed by atoms with Crippen LogP contribution in [0.4, 0.5) is 0 Å². The van der Waals surface area contributed by atoms with E-state index in [1.165, 1.54) is 19.3 Å². The van der Waals surface area contributed by atoms with Gasteiger partial charge in [0.1, 0.15) is 5.78 Å². The van der Waals surface area contributed by atoms with Gasteiger partial charge >= 0.3 is 5.97 Å². The molecule has 1 aliphatic carbocycles. The minimum atomic E-state index is -0.595. The molecule has 3 atom stereocenters. The van der Waals surface area contributed by atoms with Crippen LogP contribution in [0.15, 0.2) is 47.8 Å². The van der Waals surface area contributed by atoms with Crippen molar-refractivity contribution in [2.45, 2.75) is 60.3 Å². The van der Waals surface area contributed by atoms with Gasteiger partial charge < -0.3 is 14.6 Å². The zero-order chi connectivity index (χ0) is 22.0. The Morgan fingerprint density at radius 2 is 2.00 bits per heavy atom. The van der Waals surface area contributed by atoms with Gasteiger partial charge in [-0.1, -0.05) is 30.7 Å². The third kappa shape index (κ3) is 7.58. The standard InChI is InChI=1S/C24H34O5/c1-6-7-8-11-24(5)12-9-19(16-25)23(28)20(15-18(4)26)21(24)10-13-29-22(27)14-17(2)3/h6-7,9-10,13-14,20-21,25H,8,11-12,15-16H2,1-5H3. The van der Waals surface area contributed by atoms with Gasteiger partial charge in [-0.2, -0.15) is 0 Å². The van der Waals surface area contributed by atoms with E-state index in [1.807, 2.05) is 13.0 Å². The fourth-order valence-electron chi connectivity index (χ4n) is 3.83. The minimum Gasteiger partial charge on any atom is -0.432 e. The van der Waals surface area contributed by atoms with Crippen molar-refractivity contribution < 1.29 is 24.2 Å². The molecule has 1 aliphatic rings. The summed E-state index contributed by atoms with van der Waals surface area (Å²) in [6.07, 6.45) is 12.6. The molecule has 0 saturated carbocycles. The zero-order valence-electron chi connectivity index (χ0n) is 18.2.